The first kappa shape index (κ1) is 12.0. The van der Waals surface area contributed by atoms with Crippen molar-refractivity contribution in [1.82, 2.24) is 4.98 Å². The average Bonchev–Trinajstić information content (AvgIpc) is 2.90. The van der Waals surface area contributed by atoms with Crippen LogP contribution in [0.1, 0.15) is 21.5 Å². The number of ketones is 1. The number of H-pyrrole nitrogens is 1. The molecular formula is C16H11N3O. The normalized spacial score (nSPS) is 10.3. The second kappa shape index (κ2) is 4.56. The fraction of sp³-hybridized carbons (Fsp3) is 0. The van der Waals surface area contributed by atoms with Gasteiger partial charge in [-0.25, -0.2) is 0 Å². The standard InChI is InChI=1S/C16H11N3O/c17-8-11-4-2-6-14-15(11)13(9-19-14)16(20)10-3-1-5-12(18)7-10/h1-7,9,19H,18H2. The molecule has 0 bridgehead atoms. The molecule has 0 amide bonds. The molecule has 0 radical (unpaired) electrons. The Hall–Kier alpha value is -3.06. The maximum Gasteiger partial charge on any atom is 0.195 e. The van der Waals surface area contributed by atoms with Crippen LogP contribution in [-0.2, 0) is 0 Å². The quantitative estimate of drug-likeness (QED) is 0.549. The van der Waals surface area contributed by atoms with Crippen LogP contribution in [0.5, 0.6) is 0 Å². The van der Waals surface area contributed by atoms with E-state index in [0.717, 1.165) is 5.52 Å². The molecule has 2 aromatic carbocycles. The number of benzene rings is 2. The lowest BCUT2D eigenvalue weighted by molar-refractivity contribution is 0.104. The van der Waals surface area contributed by atoms with Crippen molar-refractivity contribution in [3.8, 4) is 6.07 Å². The Bertz CT molecular complexity index is 856. The molecule has 1 aromatic heterocycles. The van der Waals surface area contributed by atoms with Crippen LogP contribution in [0.25, 0.3) is 10.9 Å². The molecule has 3 rings (SSSR count). The molecule has 4 heteroatoms. The Morgan fingerprint density at radius 1 is 1.20 bits per heavy atom. The van der Waals surface area contributed by atoms with Gasteiger partial charge in [0, 0.05) is 33.9 Å². The van der Waals surface area contributed by atoms with Gasteiger partial charge in [-0.05, 0) is 24.3 Å². The molecule has 3 aromatic rings. The van der Waals surface area contributed by atoms with Crippen LogP contribution >= 0.6 is 0 Å². The summed E-state index contributed by atoms with van der Waals surface area (Å²) in [7, 11) is 0. The summed E-state index contributed by atoms with van der Waals surface area (Å²) in [6.07, 6.45) is 1.64. The smallest absolute Gasteiger partial charge is 0.195 e. The zero-order valence-electron chi connectivity index (χ0n) is 10.6. The van der Waals surface area contributed by atoms with Gasteiger partial charge in [0.1, 0.15) is 0 Å². The lowest BCUT2D eigenvalue weighted by atomic mass is 9.99. The third-order valence-electron chi connectivity index (χ3n) is 3.22. The number of nitrogens with one attached hydrogen (secondary N) is 1. The SMILES string of the molecule is N#Cc1cccc2[nH]cc(C(=O)c3cccc(N)c3)c12. The largest absolute Gasteiger partial charge is 0.399 e. The fourth-order valence-corrected chi connectivity index (χ4v) is 2.29. The maximum atomic E-state index is 12.6. The van der Waals surface area contributed by atoms with E-state index in [4.69, 9.17) is 5.73 Å². The minimum absolute atomic E-state index is 0.147. The van der Waals surface area contributed by atoms with Crippen molar-refractivity contribution in [3.05, 3.63) is 65.4 Å². The van der Waals surface area contributed by atoms with Gasteiger partial charge in [-0.1, -0.05) is 18.2 Å². The Morgan fingerprint density at radius 2 is 2.00 bits per heavy atom. The Labute approximate surface area is 115 Å². The topological polar surface area (TPSA) is 82.7 Å². The number of anilines is 1. The molecule has 0 spiro atoms. The summed E-state index contributed by atoms with van der Waals surface area (Å²) in [5.41, 5.74) is 8.50. The maximum absolute atomic E-state index is 12.6. The summed E-state index contributed by atoms with van der Waals surface area (Å²) in [5, 5.41) is 9.83. The number of aromatic nitrogens is 1. The predicted molar refractivity (Wildman–Crippen MR) is 77.3 cm³/mol. The van der Waals surface area contributed by atoms with Crippen molar-refractivity contribution in [2.75, 3.05) is 5.73 Å². The van der Waals surface area contributed by atoms with Crippen LogP contribution in [0, 0.1) is 11.3 Å². The summed E-state index contributed by atoms with van der Waals surface area (Å²) in [6, 6.07) is 14.3. The molecule has 0 saturated heterocycles. The molecule has 0 aliphatic rings. The zero-order chi connectivity index (χ0) is 14.1. The molecule has 0 aliphatic carbocycles. The van der Waals surface area contributed by atoms with Gasteiger partial charge in [-0.3, -0.25) is 4.79 Å². The molecule has 1 heterocycles. The first-order chi connectivity index (χ1) is 9.70. The minimum Gasteiger partial charge on any atom is -0.399 e. The summed E-state index contributed by atoms with van der Waals surface area (Å²) >= 11 is 0. The summed E-state index contributed by atoms with van der Waals surface area (Å²) in [6.45, 7) is 0. The van der Waals surface area contributed by atoms with Crippen molar-refractivity contribution < 1.29 is 4.79 Å². The highest BCUT2D eigenvalue weighted by molar-refractivity contribution is 6.17. The molecule has 0 unspecified atom stereocenters. The number of nitrogen functional groups attached to an aromatic ring is 1. The number of carbonyl (C=O) groups is 1. The highest BCUT2D eigenvalue weighted by Crippen LogP contribution is 2.25. The number of nitrogens with zero attached hydrogens (tertiary/aromatic N) is 1. The number of aromatic amines is 1. The summed E-state index contributed by atoms with van der Waals surface area (Å²) < 4.78 is 0. The van der Waals surface area contributed by atoms with Gasteiger partial charge < -0.3 is 10.7 Å². The van der Waals surface area contributed by atoms with Gasteiger partial charge in [0.05, 0.1) is 11.6 Å². The summed E-state index contributed by atoms with van der Waals surface area (Å²) in [4.78, 5) is 15.6. The van der Waals surface area contributed by atoms with Crippen LogP contribution < -0.4 is 5.73 Å². The number of fused-ring (bicyclic) bond motifs is 1. The first-order valence-corrected chi connectivity index (χ1v) is 6.11. The van der Waals surface area contributed by atoms with Crippen molar-refractivity contribution >= 4 is 22.4 Å². The predicted octanol–water partition coefficient (Wildman–Crippen LogP) is 2.85. The molecule has 96 valence electrons. The number of hydrogen-bond acceptors (Lipinski definition) is 3. The van der Waals surface area contributed by atoms with Crippen LogP contribution in [0.3, 0.4) is 0 Å². The molecule has 0 aliphatic heterocycles. The van der Waals surface area contributed by atoms with Gasteiger partial charge in [0.25, 0.3) is 0 Å². The third kappa shape index (κ3) is 1.82. The summed E-state index contributed by atoms with van der Waals surface area (Å²) in [5.74, 6) is -0.147. The van der Waals surface area contributed by atoms with E-state index in [0.29, 0.717) is 27.8 Å². The second-order valence-electron chi connectivity index (χ2n) is 4.50. The number of nitriles is 1. The van der Waals surface area contributed by atoms with Gasteiger partial charge in [-0.15, -0.1) is 0 Å². The Morgan fingerprint density at radius 3 is 2.75 bits per heavy atom. The minimum atomic E-state index is -0.147. The number of rotatable bonds is 2. The van der Waals surface area contributed by atoms with E-state index in [9.17, 15) is 10.1 Å². The molecule has 4 nitrogen and oxygen atoms in total. The van der Waals surface area contributed by atoms with Crippen LogP contribution in [0.2, 0.25) is 0 Å². The molecule has 0 fully saturated rings. The average molecular weight is 261 g/mol. The highest BCUT2D eigenvalue weighted by Gasteiger charge is 2.16. The Balaban J connectivity index is 2.21. The molecule has 0 saturated carbocycles. The highest BCUT2D eigenvalue weighted by atomic mass is 16.1. The van der Waals surface area contributed by atoms with Crippen LogP contribution in [0.15, 0.2) is 48.7 Å². The van der Waals surface area contributed by atoms with Gasteiger partial charge in [-0.2, -0.15) is 5.26 Å². The number of hydrogen-bond donors (Lipinski definition) is 2. The van der Waals surface area contributed by atoms with E-state index in [1.807, 2.05) is 6.07 Å². The molecule has 20 heavy (non-hydrogen) atoms. The van der Waals surface area contributed by atoms with E-state index in [-0.39, 0.29) is 5.78 Å². The number of nitrogens with two attached hydrogens (primary N) is 1. The molecule has 0 atom stereocenters. The van der Waals surface area contributed by atoms with Gasteiger partial charge in [0.15, 0.2) is 5.78 Å². The van der Waals surface area contributed by atoms with Crippen molar-refractivity contribution in [1.29, 1.82) is 5.26 Å². The van der Waals surface area contributed by atoms with Gasteiger partial charge >= 0.3 is 0 Å². The Kier molecular flexibility index (Phi) is 2.73. The van der Waals surface area contributed by atoms with E-state index in [2.05, 4.69) is 11.1 Å². The van der Waals surface area contributed by atoms with Crippen molar-refractivity contribution in [3.63, 3.8) is 0 Å². The second-order valence-corrected chi connectivity index (χ2v) is 4.50. The first-order valence-electron chi connectivity index (χ1n) is 6.11. The lowest BCUT2D eigenvalue weighted by Gasteiger charge is -2.02. The fourth-order valence-electron chi connectivity index (χ4n) is 2.29. The van der Waals surface area contributed by atoms with Crippen LogP contribution in [-0.4, -0.2) is 10.8 Å². The van der Waals surface area contributed by atoms with Gasteiger partial charge in [0.2, 0.25) is 0 Å². The molecule has 3 N–H and O–H groups in total. The van der Waals surface area contributed by atoms with E-state index >= 15 is 0 Å². The van der Waals surface area contributed by atoms with E-state index < -0.39 is 0 Å². The molecular weight excluding hydrogens is 250 g/mol. The van der Waals surface area contributed by atoms with E-state index in [1.165, 1.54) is 0 Å². The monoisotopic (exact) mass is 261 g/mol. The lowest BCUT2D eigenvalue weighted by Crippen LogP contribution is -2.01. The van der Waals surface area contributed by atoms with Crippen LogP contribution in [0.4, 0.5) is 5.69 Å². The number of carbonyl (C=O) groups excluding carboxylic acids is 1. The van der Waals surface area contributed by atoms with Crippen molar-refractivity contribution in [2.24, 2.45) is 0 Å². The third-order valence-corrected chi connectivity index (χ3v) is 3.22. The van der Waals surface area contributed by atoms with Crippen molar-refractivity contribution in [2.45, 2.75) is 0 Å². The zero-order valence-corrected chi connectivity index (χ0v) is 10.6. The van der Waals surface area contributed by atoms with E-state index in [1.54, 1.807) is 42.6 Å².